The normalized spacial score (nSPS) is 11.9. The van der Waals surface area contributed by atoms with Gasteiger partial charge in [0.1, 0.15) is 9.73 Å². The summed E-state index contributed by atoms with van der Waals surface area (Å²) in [6.07, 6.45) is 1.06. The smallest absolute Gasteiger partial charge is 0.307 e. The molecular formula is C14H9Cl2NO4S2. The van der Waals surface area contributed by atoms with Gasteiger partial charge in [-0.15, -0.1) is 11.3 Å². The molecule has 0 amide bonds. The summed E-state index contributed by atoms with van der Waals surface area (Å²) in [5.74, 6) is -1.03. The van der Waals surface area contributed by atoms with Crippen LogP contribution in [0.1, 0.15) is 5.56 Å². The first-order chi connectivity index (χ1) is 10.8. The predicted molar refractivity (Wildman–Crippen MR) is 90.2 cm³/mol. The van der Waals surface area contributed by atoms with Gasteiger partial charge >= 0.3 is 5.97 Å². The molecule has 1 aromatic carbocycles. The molecule has 1 N–H and O–H groups in total. The third kappa shape index (κ3) is 2.85. The summed E-state index contributed by atoms with van der Waals surface area (Å²) in [6.45, 7) is 0. The van der Waals surface area contributed by atoms with E-state index < -0.39 is 16.0 Å². The molecule has 0 saturated heterocycles. The number of hydrogen-bond donors (Lipinski definition) is 1. The Bertz CT molecular complexity index is 1020. The standard InChI is InChI=1S/C14H9Cl2NO4S2/c15-9-1-2-11(16)12(6-9)23(20,21)17-7-8(5-13(18)19)10-3-4-22-14(10)17/h1-4,6-7H,5H2,(H,18,19). The summed E-state index contributed by atoms with van der Waals surface area (Å²) < 4.78 is 26.9. The summed E-state index contributed by atoms with van der Waals surface area (Å²) in [6, 6.07) is 5.87. The van der Waals surface area contributed by atoms with Crippen molar-refractivity contribution in [1.82, 2.24) is 3.97 Å². The van der Waals surface area contributed by atoms with Crippen molar-refractivity contribution in [3.63, 3.8) is 0 Å². The van der Waals surface area contributed by atoms with Gasteiger partial charge in [-0.1, -0.05) is 23.2 Å². The van der Waals surface area contributed by atoms with E-state index in [1.165, 1.54) is 35.7 Å². The Hall–Kier alpha value is -1.54. The maximum Gasteiger partial charge on any atom is 0.307 e. The summed E-state index contributed by atoms with van der Waals surface area (Å²) in [4.78, 5) is 11.3. The Morgan fingerprint density at radius 2 is 2.00 bits per heavy atom. The second kappa shape index (κ2) is 5.83. The number of hydrogen-bond acceptors (Lipinski definition) is 4. The second-order valence-corrected chi connectivity index (χ2v) is 8.26. The SMILES string of the molecule is O=C(O)Cc1cn(S(=O)(=O)c2cc(Cl)ccc2Cl)c2sccc12. The van der Waals surface area contributed by atoms with Gasteiger partial charge in [-0.05, 0) is 35.2 Å². The van der Waals surface area contributed by atoms with Gasteiger partial charge in [-0.3, -0.25) is 4.79 Å². The summed E-state index contributed by atoms with van der Waals surface area (Å²) in [7, 11) is -3.99. The Labute approximate surface area is 145 Å². The van der Waals surface area contributed by atoms with Gasteiger partial charge in [0, 0.05) is 16.6 Å². The molecule has 0 atom stereocenters. The molecule has 3 aromatic rings. The number of benzene rings is 1. The van der Waals surface area contributed by atoms with Gasteiger partial charge in [-0.25, -0.2) is 12.4 Å². The predicted octanol–water partition coefficient (Wildman–Crippen LogP) is 3.87. The first-order valence-electron chi connectivity index (χ1n) is 6.30. The summed E-state index contributed by atoms with van der Waals surface area (Å²) in [5.41, 5.74) is 0.426. The zero-order chi connectivity index (χ0) is 16.8. The summed E-state index contributed by atoms with van der Waals surface area (Å²) >= 11 is 13.1. The number of aromatic nitrogens is 1. The second-order valence-electron chi connectivity index (χ2n) is 4.74. The van der Waals surface area contributed by atoms with Crippen LogP contribution in [0.4, 0.5) is 0 Å². The van der Waals surface area contributed by atoms with Crippen molar-refractivity contribution >= 4 is 60.7 Å². The zero-order valence-corrected chi connectivity index (χ0v) is 14.5. The molecule has 0 aliphatic carbocycles. The van der Waals surface area contributed by atoms with Crippen LogP contribution in [0.3, 0.4) is 0 Å². The average Bonchev–Trinajstić information content (AvgIpc) is 3.04. The van der Waals surface area contributed by atoms with Crippen LogP contribution in [0.5, 0.6) is 0 Å². The fourth-order valence-corrected chi connectivity index (χ4v) is 5.52. The Balaban J connectivity index is 2.25. The van der Waals surface area contributed by atoms with Gasteiger partial charge < -0.3 is 5.11 Å². The number of nitrogens with zero attached hydrogens (tertiary/aromatic N) is 1. The van der Waals surface area contributed by atoms with E-state index in [-0.39, 0.29) is 21.4 Å². The van der Waals surface area contributed by atoms with Crippen LogP contribution in [0.25, 0.3) is 10.2 Å². The molecule has 9 heteroatoms. The first kappa shape index (κ1) is 16.3. The van der Waals surface area contributed by atoms with Gasteiger partial charge in [-0.2, -0.15) is 0 Å². The molecule has 120 valence electrons. The van der Waals surface area contributed by atoms with Crippen LogP contribution in [-0.2, 0) is 21.2 Å². The van der Waals surface area contributed by atoms with E-state index in [2.05, 4.69) is 0 Å². The molecule has 0 aliphatic heterocycles. The molecule has 0 spiro atoms. The third-order valence-corrected chi connectivity index (χ3v) is 6.64. The van der Waals surface area contributed by atoms with Crippen molar-refractivity contribution in [2.45, 2.75) is 11.3 Å². The van der Waals surface area contributed by atoms with Crippen molar-refractivity contribution in [3.8, 4) is 0 Å². The van der Waals surface area contributed by atoms with Crippen molar-refractivity contribution in [1.29, 1.82) is 0 Å². The van der Waals surface area contributed by atoms with Crippen molar-refractivity contribution in [2.24, 2.45) is 0 Å². The van der Waals surface area contributed by atoms with E-state index in [0.29, 0.717) is 15.8 Å². The molecule has 3 rings (SSSR count). The Kier molecular flexibility index (Phi) is 4.14. The number of carbonyl (C=O) groups is 1. The quantitative estimate of drug-likeness (QED) is 0.734. The lowest BCUT2D eigenvalue weighted by Gasteiger charge is -2.08. The lowest BCUT2D eigenvalue weighted by molar-refractivity contribution is -0.136. The first-order valence-corrected chi connectivity index (χ1v) is 9.38. The highest BCUT2D eigenvalue weighted by atomic mass is 35.5. The molecule has 23 heavy (non-hydrogen) atoms. The molecule has 0 fully saturated rings. The third-order valence-electron chi connectivity index (χ3n) is 3.24. The number of carboxylic acids is 1. The maximum absolute atomic E-state index is 12.9. The number of carboxylic acid groups (broad SMARTS) is 1. The molecule has 5 nitrogen and oxygen atoms in total. The number of aliphatic carboxylic acids is 1. The van der Waals surface area contributed by atoms with Crippen LogP contribution in [-0.4, -0.2) is 23.5 Å². The highest BCUT2D eigenvalue weighted by molar-refractivity contribution is 7.90. The molecule has 0 unspecified atom stereocenters. The van der Waals surface area contributed by atoms with Gasteiger partial charge in [0.15, 0.2) is 0 Å². The number of thiophene rings is 1. The fraction of sp³-hybridized carbons (Fsp3) is 0.0714. The van der Waals surface area contributed by atoms with Gasteiger partial charge in [0.2, 0.25) is 0 Å². The largest absolute Gasteiger partial charge is 0.481 e. The topological polar surface area (TPSA) is 76.4 Å². The minimum absolute atomic E-state index is 0.0487. The lowest BCUT2D eigenvalue weighted by atomic mass is 10.2. The van der Waals surface area contributed by atoms with Crippen molar-refractivity contribution in [3.05, 3.63) is 51.5 Å². The van der Waals surface area contributed by atoms with Crippen LogP contribution in [0, 0.1) is 0 Å². The molecule has 2 aromatic heterocycles. The van der Waals surface area contributed by atoms with Gasteiger partial charge in [0.05, 0.1) is 11.4 Å². The maximum atomic E-state index is 12.9. The molecule has 2 heterocycles. The molecule has 0 saturated carbocycles. The van der Waals surface area contributed by atoms with E-state index >= 15 is 0 Å². The van der Waals surface area contributed by atoms with E-state index in [9.17, 15) is 13.2 Å². The highest BCUT2D eigenvalue weighted by Crippen LogP contribution is 2.33. The van der Waals surface area contributed by atoms with E-state index in [1.54, 1.807) is 11.4 Å². The van der Waals surface area contributed by atoms with E-state index in [1.807, 2.05) is 0 Å². The summed E-state index contributed by atoms with van der Waals surface area (Å²) in [5, 5.41) is 11.6. The molecule has 0 bridgehead atoms. The van der Waals surface area contributed by atoms with Crippen LogP contribution < -0.4 is 0 Å². The highest BCUT2D eigenvalue weighted by Gasteiger charge is 2.25. The molecule has 0 aliphatic rings. The fourth-order valence-electron chi connectivity index (χ4n) is 2.25. The Morgan fingerprint density at radius 1 is 1.26 bits per heavy atom. The van der Waals surface area contributed by atoms with Crippen molar-refractivity contribution in [2.75, 3.05) is 0 Å². The number of halogens is 2. The molecule has 0 radical (unpaired) electrons. The van der Waals surface area contributed by atoms with E-state index in [4.69, 9.17) is 28.3 Å². The minimum Gasteiger partial charge on any atom is -0.481 e. The van der Waals surface area contributed by atoms with Crippen molar-refractivity contribution < 1.29 is 18.3 Å². The molecular weight excluding hydrogens is 381 g/mol. The average molecular weight is 390 g/mol. The van der Waals surface area contributed by atoms with Gasteiger partial charge in [0.25, 0.3) is 10.0 Å². The van der Waals surface area contributed by atoms with E-state index in [0.717, 1.165) is 3.97 Å². The number of fused-ring (bicyclic) bond motifs is 1. The monoisotopic (exact) mass is 389 g/mol. The lowest BCUT2D eigenvalue weighted by Crippen LogP contribution is -2.12. The zero-order valence-electron chi connectivity index (χ0n) is 11.4. The minimum atomic E-state index is -3.99. The Morgan fingerprint density at radius 3 is 2.70 bits per heavy atom. The van der Waals surface area contributed by atoms with Crippen LogP contribution >= 0.6 is 34.5 Å². The van der Waals surface area contributed by atoms with Crippen LogP contribution in [0.15, 0.2) is 40.7 Å². The number of rotatable bonds is 4. The van der Waals surface area contributed by atoms with Crippen LogP contribution in [0.2, 0.25) is 10.0 Å².